The van der Waals surface area contributed by atoms with Crippen LogP contribution in [0.2, 0.25) is 0 Å². The molecule has 2 N–H and O–H groups in total. The molecule has 0 aromatic rings. The summed E-state index contributed by atoms with van der Waals surface area (Å²) in [5.74, 6) is -0.817. The van der Waals surface area contributed by atoms with E-state index >= 15 is 0 Å². The topological polar surface area (TPSA) is 100 Å². The number of hydrazone groups is 1. The largest absolute Gasteiger partial charge is 0.381 e. The summed E-state index contributed by atoms with van der Waals surface area (Å²) in [6, 6.07) is -0.828. The summed E-state index contributed by atoms with van der Waals surface area (Å²) in [4.78, 5) is 40.7. The van der Waals surface area contributed by atoms with Crippen LogP contribution in [0.25, 0.3) is 0 Å². The number of nitrogens with zero attached hydrogens (tertiary/aromatic N) is 2. The molecule has 8 nitrogen and oxygen atoms in total. The molecule has 2 heterocycles. The molecule has 174 valence electrons. The van der Waals surface area contributed by atoms with E-state index in [-0.39, 0.29) is 23.3 Å². The maximum atomic E-state index is 13.1. The van der Waals surface area contributed by atoms with Gasteiger partial charge in [-0.3, -0.25) is 14.4 Å². The van der Waals surface area contributed by atoms with Crippen LogP contribution in [0.1, 0.15) is 65.2 Å². The van der Waals surface area contributed by atoms with Gasteiger partial charge in [0.2, 0.25) is 11.7 Å². The van der Waals surface area contributed by atoms with Gasteiger partial charge in [0.25, 0.3) is 0 Å². The second kappa shape index (κ2) is 10.8. The van der Waals surface area contributed by atoms with Crippen molar-refractivity contribution in [3.05, 3.63) is 0 Å². The third kappa shape index (κ3) is 6.22. The van der Waals surface area contributed by atoms with Crippen LogP contribution >= 0.6 is 11.8 Å². The van der Waals surface area contributed by atoms with Gasteiger partial charge in [0.05, 0.1) is 0 Å². The van der Waals surface area contributed by atoms with Crippen LogP contribution in [0.5, 0.6) is 0 Å². The fourth-order valence-corrected chi connectivity index (χ4v) is 5.58. The molecule has 31 heavy (non-hydrogen) atoms. The smallest absolute Gasteiger partial charge is 0.309 e. The van der Waals surface area contributed by atoms with Gasteiger partial charge in [-0.15, -0.1) is 5.10 Å². The molecule has 2 aliphatic heterocycles. The summed E-state index contributed by atoms with van der Waals surface area (Å²) in [6.07, 6.45) is 7.36. The van der Waals surface area contributed by atoms with Crippen LogP contribution in [0.15, 0.2) is 5.10 Å². The van der Waals surface area contributed by atoms with Crippen molar-refractivity contribution in [2.75, 3.05) is 26.0 Å². The molecule has 0 spiro atoms. The van der Waals surface area contributed by atoms with Crippen molar-refractivity contribution in [2.45, 2.75) is 76.8 Å². The molecule has 3 fully saturated rings. The van der Waals surface area contributed by atoms with Crippen molar-refractivity contribution in [1.29, 1.82) is 0 Å². The van der Waals surface area contributed by atoms with Crippen molar-refractivity contribution in [3.8, 4) is 0 Å². The summed E-state index contributed by atoms with van der Waals surface area (Å²) in [5.41, 5.74) is 2.37. The van der Waals surface area contributed by atoms with Gasteiger partial charge >= 0.3 is 5.91 Å². The number of carbonyl (C=O) groups is 3. The average Bonchev–Trinajstić information content (AvgIpc) is 2.96. The Bertz CT molecular complexity index is 698. The van der Waals surface area contributed by atoms with Gasteiger partial charge in [0.1, 0.15) is 6.04 Å². The molecule has 2 saturated heterocycles. The van der Waals surface area contributed by atoms with E-state index in [1.807, 2.05) is 11.9 Å². The summed E-state index contributed by atoms with van der Waals surface area (Å²) in [6.45, 7) is 5.27. The third-order valence-corrected chi connectivity index (χ3v) is 8.24. The number of hydrogen-bond donors (Lipinski definition) is 2. The first-order chi connectivity index (χ1) is 14.8. The molecule has 0 radical (unpaired) electrons. The molecule has 1 saturated carbocycles. The minimum atomic E-state index is -0.828. The number of nitrogens with one attached hydrogen (secondary N) is 2. The Morgan fingerprint density at radius 1 is 1.10 bits per heavy atom. The molecular formula is C22H36N4O4S. The van der Waals surface area contributed by atoms with E-state index in [9.17, 15) is 14.4 Å². The van der Waals surface area contributed by atoms with Gasteiger partial charge in [0, 0.05) is 37.5 Å². The summed E-state index contributed by atoms with van der Waals surface area (Å²) in [5, 5.41) is 7.80. The lowest BCUT2D eigenvalue weighted by Crippen LogP contribution is -2.53. The number of hydrogen-bond acceptors (Lipinski definition) is 6. The zero-order valence-electron chi connectivity index (χ0n) is 18.9. The third-order valence-electron chi connectivity index (χ3n) is 6.77. The minimum absolute atomic E-state index is 0.0600. The van der Waals surface area contributed by atoms with E-state index in [0.29, 0.717) is 31.2 Å². The maximum Gasteiger partial charge on any atom is 0.309 e. The van der Waals surface area contributed by atoms with E-state index in [4.69, 9.17) is 4.74 Å². The SMILES string of the molecule is CN1C(=NNC(=O)C(=O)C(NC(=O)C2CCCCCC2)C2CCOCC2)SCC1(C)C. The van der Waals surface area contributed by atoms with Gasteiger partial charge < -0.3 is 15.0 Å². The van der Waals surface area contributed by atoms with Crippen LogP contribution in [-0.4, -0.2) is 65.3 Å². The lowest BCUT2D eigenvalue weighted by molar-refractivity contribution is -0.142. The predicted molar refractivity (Wildman–Crippen MR) is 122 cm³/mol. The number of ether oxygens (including phenoxy) is 1. The van der Waals surface area contributed by atoms with Gasteiger partial charge in [-0.1, -0.05) is 37.4 Å². The first kappa shape index (κ1) is 24.0. The maximum absolute atomic E-state index is 13.1. The Morgan fingerprint density at radius 3 is 2.32 bits per heavy atom. The number of rotatable bonds is 6. The monoisotopic (exact) mass is 452 g/mol. The zero-order chi connectivity index (χ0) is 22.4. The minimum Gasteiger partial charge on any atom is -0.381 e. The molecule has 3 aliphatic rings. The Balaban J connectivity index is 1.66. The molecule has 1 atom stereocenters. The normalized spacial score (nSPS) is 25.1. The van der Waals surface area contributed by atoms with Crippen molar-refractivity contribution < 1.29 is 19.1 Å². The van der Waals surface area contributed by atoms with Crippen molar-refractivity contribution >= 4 is 34.5 Å². The Hall–Kier alpha value is -1.61. The predicted octanol–water partition coefficient (Wildman–Crippen LogP) is 2.28. The van der Waals surface area contributed by atoms with Crippen molar-refractivity contribution in [1.82, 2.24) is 15.6 Å². The average molecular weight is 453 g/mol. The zero-order valence-corrected chi connectivity index (χ0v) is 19.8. The first-order valence-corrected chi connectivity index (χ1v) is 12.4. The van der Waals surface area contributed by atoms with E-state index in [0.717, 1.165) is 44.3 Å². The highest BCUT2D eigenvalue weighted by Crippen LogP contribution is 2.30. The molecule has 9 heteroatoms. The van der Waals surface area contributed by atoms with E-state index in [1.165, 1.54) is 0 Å². The summed E-state index contributed by atoms with van der Waals surface area (Å²) < 4.78 is 5.42. The highest BCUT2D eigenvalue weighted by atomic mass is 32.2. The molecule has 0 aromatic carbocycles. The van der Waals surface area contributed by atoms with Crippen LogP contribution in [-0.2, 0) is 19.1 Å². The Kier molecular flexibility index (Phi) is 8.38. The van der Waals surface area contributed by atoms with E-state index < -0.39 is 17.7 Å². The summed E-state index contributed by atoms with van der Waals surface area (Å²) in [7, 11) is 1.92. The summed E-state index contributed by atoms with van der Waals surface area (Å²) >= 11 is 1.54. The lowest BCUT2D eigenvalue weighted by Gasteiger charge is -2.30. The van der Waals surface area contributed by atoms with Crippen LogP contribution in [0.4, 0.5) is 0 Å². The lowest BCUT2D eigenvalue weighted by atomic mass is 9.87. The van der Waals surface area contributed by atoms with E-state index in [2.05, 4.69) is 29.7 Å². The molecule has 0 bridgehead atoms. The molecule has 2 amide bonds. The van der Waals surface area contributed by atoms with Crippen LogP contribution < -0.4 is 10.7 Å². The first-order valence-electron chi connectivity index (χ1n) is 11.5. The second-order valence-electron chi connectivity index (χ2n) is 9.48. The van der Waals surface area contributed by atoms with E-state index in [1.54, 1.807) is 11.8 Å². The molecule has 1 unspecified atom stereocenters. The molecule has 1 aliphatic carbocycles. The second-order valence-corrected chi connectivity index (χ2v) is 10.4. The van der Waals surface area contributed by atoms with Crippen molar-refractivity contribution in [2.24, 2.45) is 16.9 Å². The highest BCUT2D eigenvalue weighted by Gasteiger charge is 2.37. The number of carbonyl (C=O) groups excluding carboxylic acids is 3. The number of thioether (sulfide) groups is 1. The molecular weight excluding hydrogens is 416 g/mol. The molecule has 3 rings (SSSR count). The van der Waals surface area contributed by atoms with Crippen LogP contribution in [0.3, 0.4) is 0 Å². The van der Waals surface area contributed by atoms with Crippen molar-refractivity contribution in [3.63, 3.8) is 0 Å². The Labute approximate surface area is 189 Å². The van der Waals surface area contributed by atoms with Gasteiger partial charge in [0.15, 0.2) is 5.17 Å². The Morgan fingerprint density at radius 2 is 1.74 bits per heavy atom. The van der Waals surface area contributed by atoms with Gasteiger partial charge in [-0.05, 0) is 45.4 Å². The van der Waals surface area contributed by atoms with Gasteiger partial charge in [-0.25, -0.2) is 5.43 Å². The van der Waals surface area contributed by atoms with Gasteiger partial charge in [-0.2, -0.15) is 0 Å². The fraction of sp³-hybridized carbons (Fsp3) is 0.818. The quantitative estimate of drug-likeness (QED) is 0.364. The fourth-order valence-electron chi connectivity index (χ4n) is 4.36. The standard InChI is InChI=1S/C22H36N4O4S/c1-22(2)14-31-21(26(22)3)25-24-20(29)18(27)17(15-10-12-30-13-11-15)23-19(28)16-8-6-4-5-7-9-16/h15-17H,4-14H2,1-3H3,(H,23,28)(H,24,29). The molecule has 0 aromatic heterocycles. The number of amides is 2. The number of ketones is 1. The van der Waals surface area contributed by atoms with Crippen LogP contribution in [0, 0.1) is 11.8 Å². The highest BCUT2D eigenvalue weighted by molar-refractivity contribution is 8.14. The number of Topliss-reactive ketones (excluding diaryl/α,β-unsaturated/α-hetero) is 1. The number of amidine groups is 1.